The Morgan fingerprint density at radius 2 is 1.86 bits per heavy atom. The van der Waals surface area contributed by atoms with E-state index in [1.165, 1.54) is 5.94 Å². The summed E-state index contributed by atoms with van der Waals surface area (Å²) in [6.07, 6.45) is 0. The number of carbonyl (C=O) groups excluding carboxylic acids is 1. The van der Waals surface area contributed by atoms with Crippen molar-refractivity contribution in [3.8, 4) is 0 Å². The molecule has 0 N–H and O–H groups in total. The molecule has 7 heavy (non-hydrogen) atoms. The first kappa shape index (κ1) is 6.48. The van der Waals surface area contributed by atoms with Crippen LogP contribution in [0.3, 0.4) is 0 Å². The van der Waals surface area contributed by atoms with Crippen LogP contribution in [0.15, 0.2) is 5.95 Å². The van der Waals surface area contributed by atoms with Gasteiger partial charge in [-0.2, -0.15) is 0 Å². The summed E-state index contributed by atoms with van der Waals surface area (Å²) in [6.45, 7) is 0. The fourth-order valence-corrected chi connectivity index (χ4v) is 1.00. The van der Waals surface area contributed by atoms with Crippen molar-refractivity contribution in [2.45, 2.75) is 0 Å². The summed E-state index contributed by atoms with van der Waals surface area (Å²) in [5.74, 6) is 1.49. The second kappa shape index (κ2) is 3.67. The Labute approximate surface area is 47.4 Å². The van der Waals surface area contributed by atoms with Gasteiger partial charge < -0.3 is 8.85 Å². The summed E-state index contributed by atoms with van der Waals surface area (Å²) >= 11 is 0. The predicted octanol–water partition coefficient (Wildman–Crippen LogP) is -2.75. The van der Waals surface area contributed by atoms with Gasteiger partial charge in [0.15, 0.2) is 0 Å². The van der Waals surface area contributed by atoms with Crippen LogP contribution in [-0.4, -0.2) is 26.9 Å². The molecule has 0 aliphatic carbocycles. The van der Waals surface area contributed by atoms with E-state index in [9.17, 15) is 4.79 Å². The maximum Gasteiger partial charge on any atom is 0.340 e. The van der Waals surface area contributed by atoms with Gasteiger partial charge in [0, 0.05) is 0 Å². The first-order valence-electron chi connectivity index (χ1n) is 1.68. The molecule has 0 saturated carbocycles. The normalized spacial score (nSPS) is 7.43. The second-order valence-electron chi connectivity index (χ2n) is 0.798. The molecule has 0 bridgehead atoms. The van der Waals surface area contributed by atoms with Crippen molar-refractivity contribution < 1.29 is 13.6 Å². The van der Waals surface area contributed by atoms with Crippen LogP contribution in [0.1, 0.15) is 0 Å². The van der Waals surface area contributed by atoms with Crippen LogP contribution in [0.2, 0.25) is 0 Å². The molecule has 0 amide bonds. The average molecular weight is 134 g/mol. The SMILES string of the molecule is O=C=C(O[SiH3])O[SiH3]. The van der Waals surface area contributed by atoms with Gasteiger partial charge in [-0.15, -0.1) is 0 Å². The van der Waals surface area contributed by atoms with E-state index in [0.29, 0.717) is 21.0 Å². The van der Waals surface area contributed by atoms with Gasteiger partial charge in [-0.25, -0.2) is 4.79 Å². The Balaban J connectivity index is 3.61. The minimum Gasteiger partial charge on any atom is -0.521 e. The van der Waals surface area contributed by atoms with Crippen LogP contribution in [0, 0.1) is 0 Å². The highest BCUT2D eigenvalue weighted by Gasteiger charge is 1.84. The molecule has 0 rings (SSSR count). The standard InChI is InChI=1S/C2H6O3Si2/c3-1-2(4-6)5-7/h6-7H3. The van der Waals surface area contributed by atoms with Crippen LogP contribution in [0.25, 0.3) is 0 Å². The maximum atomic E-state index is 9.60. The third-order valence-corrected chi connectivity index (χ3v) is 1.20. The van der Waals surface area contributed by atoms with E-state index in [1.54, 1.807) is 0 Å². The zero-order valence-corrected chi connectivity index (χ0v) is 8.22. The van der Waals surface area contributed by atoms with Crippen molar-refractivity contribution in [3.05, 3.63) is 5.95 Å². The number of hydrogen-bond donors (Lipinski definition) is 0. The van der Waals surface area contributed by atoms with E-state index in [-0.39, 0.29) is 5.95 Å². The fourth-order valence-electron chi connectivity index (χ4n) is 0.167. The van der Waals surface area contributed by atoms with Crippen LogP contribution >= 0.6 is 0 Å². The molecule has 0 saturated heterocycles. The third kappa shape index (κ3) is 2.21. The number of rotatable bonds is 2. The van der Waals surface area contributed by atoms with E-state index >= 15 is 0 Å². The summed E-state index contributed by atoms with van der Waals surface area (Å²) in [5, 5.41) is 0. The molecule has 40 valence electrons. The Kier molecular flexibility index (Phi) is 3.40. The molecule has 0 heterocycles. The molecule has 0 aromatic carbocycles. The average Bonchev–Trinajstić information content (AvgIpc) is 1.72. The quantitative estimate of drug-likeness (QED) is 0.233. The molecule has 0 unspecified atom stereocenters. The van der Waals surface area contributed by atoms with Crippen molar-refractivity contribution in [3.63, 3.8) is 0 Å². The molecule has 0 aromatic rings. The first-order valence-corrected chi connectivity index (χ1v) is 3.31. The van der Waals surface area contributed by atoms with E-state index in [2.05, 4.69) is 8.85 Å². The van der Waals surface area contributed by atoms with E-state index in [1.807, 2.05) is 0 Å². The van der Waals surface area contributed by atoms with Gasteiger partial charge in [0.05, 0.1) is 0 Å². The zero-order chi connectivity index (χ0) is 5.70. The molecule has 3 nitrogen and oxygen atoms in total. The van der Waals surface area contributed by atoms with Gasteiger partial charge in [0.2, 0.25) is 26.9 Å². The molecule has 0 aliphatic heterocycles. The molecular weight excluding hydrogens is 128 g/mol. The van der Waals surface area contributed by atoms with E-state index in [0.717, 1.165) is 0 Å². The Morgan fingerprint density at radius 1 is 1.43 bits per heavy atom. The monoisotopic (exact) mass is 134 g/mol. The number of hydrogen-bond acceptors (Lipinski definition) is 3. The molecule has 0 atom stereocenters. The lowest BCUT2D eigenvalue weighted by Crippen LogP contribution is -1.91. The van der Waals surface area contributed by atoms with Crippen LogP contribution < -0.4 is 0 Å². The lowest BCUT2D eigenvalue weighted by atomic mass is 11.0. The minimum absolute atomic E-state index is 0.00154. The van der Waals surface area contributed by atoms with Crippen molar-refractivity contribution in [1.82, 2.24) is 0 Å². The van der Waals surface area contributed by atoms with Crippen molar-refractivity contribution in [1.29, 1.82) is 0 Å². The maximum absolute atomic E-state index is 9.60. The molecule has 0 radical (unpaired) electrons. The molecule has 0 aromatic heterocycles. The smallest absolute Gasteiger partial charge is 0.340 e. The van der Waals surface area contributed by atoms with Gasteiger partial charge in [0.25, 0.3) is 0 Å². The third-order valence-electron chi connectivity index (χ3n) is 0.454. The highest BCUT2D eigenvalue weighted by atomic mass is 28.2. The topological polar surface area (TPSA) is 35.5 Å². The molecular formula is C2H6O3Si2. The van der Waals surface area contributed by atoms with E-state index in [4.69, 9.17) is 0 Å². The highest BCUT2D eigenvalue weighted by Crippen LogP contribution is 1.82. The summed E-state index contributed by atoms with van der Waals surface area (Å²) in [4.78, 5) is 9.60. The lowest BCUT2D eigenvalue weighted by molar-refractivity contribution is 0.261. The molecule has 0 fully saturated rings. The van der Waals surface area contributed by atoms with Crippen LogP contribution in [0.5, 0.6) is 0 Å². The minimum atomic E-state index is -0.00154. The summed E-state index contributed by atoms with van der Waals surface area (Å²) in [5.41, 5.74) is 0. The predicted molar refractivity (Wildman–Crippen MR) is 31.3 cm³/mol. The van der Waals surface area contributed by atoms with Crippen molar-refractivity contribution in [2.24, 2.45) is 0 Å². The van der Waals surface area contributed by atoms with Gasteiger partial charge >= 0.3 is 5.95 Å². The Bertz CT molecular complexity index is 89.1. The lowest BCUT2D eigenvalue weighted by Gasteiger charge is -1.96. The molecule has 5 heteroatoms. The summed E-state index contributed by atoms with van der Waals surface area (Å²) < 4.78 is 8.99. The van der Waals surface area contributed by atoms with Crippen molar-refractivity contribution in [2.75, 3.05) is 0 Å². The van der Waals surface area contributed by atoms with Gasteiger partial charge in [-0.1, -0.05) is 0 Å². The zero-order valence-electron chi connectivity index (χ0n) is 4.22. The van der Waals surface area contributed by atoms with Gasteiger partial charge in [0.1, 0.15) is 0 Å². The van der Waals surface area contributed by atoms with E-state index < -0.39 is 0 Å². The second-order valence-corrected chi connectivity index (χ2v) is 1.61. The Morgan fingerprint density at radius 3 is 1.86 bits per heavy atom. The van der Waals surface area contributed by atoms with Gasteiger partial charge in [-0.05, 0) is 0 Å². The highest BCUT2D eigenvalue weighted by molar-refractivity contribution is 6.01. The fraction of sp³-hybridized carbons (Fsp3) is 0. The van der Waals surface area contributed by atoms with Crippen LogP contribution in [0.4, 0.5) is 0 Å². The first-order chi connectivity index (χ1) is 3.35. The molecule has 0 spiro atoms. The molecule has 0 aliphatic rings. The van der Waals surface area contributed by atoms with Crippen molar-refractivity contribution >= 4 is 26.9 Å². The summed E-state index contributed by atoms with van der Waals surface area (Å²) in [6, 6.07) is 0. The summed E-state index contributed by atoms with van der Waals surface area (Å²) in [7, 11) is 0.978. The van der Waals surface area contributed by atoms with Gasteiger partial charge in [-0.3, -0.25) is 0 Å². The van der Waals surface area contributed by atoms with Crippen LogP contribution in [-0.2, 0) is 13.6 Å². The largest absolute Gasteiger partial charge is 0.521 e. The Hall–Kier alpha value is -0.516.